The maximum absolute atomic E-state index is 5.54. The van der Waals surface area contributed by atoms with E-state index in [-0.39, 0.29) is 17.1 Å². The van der Waals surface area contributed by atoms with Crippen molar-refractivity contribution < 1.29 is 17.1 Å². The fourth-order valence-corrected chi connectivity index (χ4v) is 11.0. The van der Waals surface area contributed by atoms with Gasteiger partial charge in [0.25, 0.3) is 0 Å². The molecule has 4 aromatic carbocycles. The number of hydrogen-bond donors (Lipinski definition) is 2. The minimum Gasteiger partial charge on any atom is -0.352 e. The summed E-state index contributed by atoms with van der Waals surface area (Å²) >= 11 is 32.2. The minimum absolute atomic E-state index is 0. The molecule has 2 N–H and O–H groups in total. The van der Waals surface area contributed by atoms with Crippen LogP contribution in [-0.2, 0) is 17.1 Å². The van der Waals surface area contributed by atoms with Crippen molar-refractivity contribution in [3.8, 4) is 44.5 Å². The topological polar surface area (TPSA) is 57.4 Å². The molecule has 0 atom stereocenters. The van der Waals surface area contributed by atoms with E-state index in [9.17, 15) is 0 Å². The number of rotatable bonds is 4. The summed E-state index contributed by atoms with van der Waals surface area (Å²) < 4.78 is 6.69. The number of fused-ring (bicyclic) bond motifs is 8. The van der Waals surface area contributed by atoms with Gasteiger partial charge in [0.2, 0.25) is 0 Å². The molecular formula is C44H22Br8MnN4+3. The van der Waals surface area contributed by atoms with Gasteiger partial charge in [-0.1, -0.05) is 121 Å². The van der Waals surface area contributed by atoms with Crippen molar-refractivity contribution in [1.82, 2.24) is 19.9 Å². The molecule has 13 heteroatoms. The molecule has 278 valence electrons. The number of hydrogen-bond acceptors (Lipinski definition) is 2. The Morgan fingerprint density at radius 3 is 0.684 bits per heavy atom. The van der Waals surface area contributed by atoms with E-state index in [1.807, 2.05) is 72.8 Å². The van der Waals surface area contributed by atoms with Gasteiger partial charge in [0.1, 0.15) is 0 Å². The van der Waals surface area contributed by atoms with Crippen LogP contribution >= 0.6 is 127 Å². The van der Waals surface area contributed by atoms with E-state index in [4.69, 9.17) is 9.97 Å². The zero-order valence-corrected chi connectivity index (χ0v) is 42.7. The summed E-state index contributed by atoms with van der Waals surface area (Å²) in [6.45, 7) is 0. The van der Waals surface area contributed by atoms with Gasteiger partial charge in [-0.05, 0) is 150 Å². The fourth-order valence-electron chi connectivity index (χ4n) is 7.11. The van der Waals surface area contributed by atoms with Crippen LogP contribution < -0.4 is 0 Å². The van der Waals surface area contributed by atoms with Crippen molar-refractivity contribution >= 4 is 167 Å². The molecule has 2 aliphatic heterocycles. The van der Waals surface area contributed by atoms with E-state index in [1.165, 1.54) is 0 Å². The first kappa shape index (κ1) is 41.6. The van der Waals surface area contributed by atoms with Crippen LogP contribution in [0.3, 0.4) is 0 Å². The number of aromatic amines is 2. The molecule has 0 unspecified atom stereocenters. The molecule has 0 saturated carbocycles. The van der Waals surface area contributed by atoms with Crippen molar-refractivity contribution in [3.05, 3.63) is 162 Å². The van der Waals surface area contributed by atoms with Crippen molar-refractivity contribution in [2.45, 2.75) is 0 Å². The number of H-pyrrole nitrogens is 2. The molecule has 2 aliphatic rings. The first-order valence-corrected chi connectivity index (χ1v) is 23.4. The van der Waals surface area contributed by atoms with Crippen molar-refractivity contribution in [2.75, 3.05) is 0 Å². The first-order chi connectivity index (χ1) is 27.2. The van der Waals surface area contributed by atoms with Gasteiger partial charge < -0.3 is 9.97 Å². The predicted octanol–water partition coefficient (Wildman–Crippen LogP) is 17.3. The Morgan fingerprint density at radius 2 is 0.491 bits per heavy atom. The summed E-state index contributed by atoms with van der Waals surface area (Å²) in [7, 11) is 0. The molecule has 8 bridgehead atoms. The zero-order chi connectivity index (χ0) is 38.8. The van der Waals surface area contributed by atoms with E-state index < -0.39 is 0 Å². The number of halogens is 8. The number of benzene rings is 4. The SMILES string of the molecule is BrC1=C(Br)c2nc1c(-c1ccccc1)c1[nH]c(c(Br)c1Br)c(-c1ccccc1)c1nc(c(-c3ccccc3)c3[nH]c(c(Br)c3Br)c2-c2ccccc2)C(Br)=C1Br.[Mn+3]. The van der Waals surface area contributed by atoms with Gasteiger partial charge in [-0.3, -0.25) is 0 Å². The van der Waals surface area contributed by atoms with Crippen molar-refractivity contribution in [2.24, 2.45) is 0 Å². The average molecular weight is 1300 g/mol. The van der Waals surface area contributed by atoms with Gasteiger partial charge in [0, 0.05) is 22.3 Å². The largest absolute Gasteiger partial charge is 3.00 e. The normalized spacial score (nSPS) is 12.6. The third-order valence-corrected chi connectivity index (χ3v) is 18.0. The molecule has 0 saturated heterocycles. The maximum Gasteiger partial charge on any atom is 3.00 e. The Morgan fingerprint density at radius 1 is 0.298 bits per heavy atom. The van der Waals surface area contributed by atoms with E-state index in [1.54, 1.807) is 0 Å². The second-order valence-electron chi connectivity index (χ2n) is 12.8. The summed E-state index contributed by atoms with van der Waals surface area (Å²) in [5, 5.41) is 0. The molecule has 0 radical (unpaired) electrons. The Hall–Kier alpha value is -2.16. The van der Waals surface area contributed by atoms with E-state index in [0.717, 1.165) is 125 Å². The maximum atomic E-state index is 5.54. The standard InChI is InChI=1S/C44H22Br8N4.Mn/c45-29-31(47)39-26(22-15-7-2-8-16-22)41-33(49)35(51)43(55-41)28(24-19-11-4-12-20-24)44-36(52)34(50)42(56-44)27(23-17-9-3-10-18-23)40-32(48)30(46)38(54-40)25(37(29)53-39)21-13-5-1-6-14-21;/h1-20,53,56H;/q;+3. The van der Waals surface area contributed by atoms with Gasteiger partial charge in [-0.25, -0.2) is 9.97 Å². The third kappa shape index (κ3) is 7.19. The van der Waals surface area contributed by atoms with Crippen LogP contribution in [0.2, 0.25) is 0 Å². The summed E-state index contributed by atoms with van der Waals surface area (Å²) in [6.07, 6.45) is 0. The average Bonchev–Trinajstić information content (AvgIpc) is 3.89. The van der Waals surface area contributed by atoms with Crippen LogP contribution in [0.5, 0.6) is 0 Å². The van der Waals surface area contributed by atoms with Crippen molar-refractivity contribution in [3.63, 3.8) is 0 Å². The van der Waals surface area contributed by atoms with E-state index >= 15 is 0 Å². The zero-order valence-electron chi connectivity index (χ0n) is 28.8. The minimum atomic E-state index is 0. The molecule has 9 rings (SSSR count). The predicted molar refractivity (Wildman–Crippen MR) is 263 cm³/mol. The molecule has 57 heavy (non-hydrogen) atoms. The monoisotopic (exact) mass is 1290 g/mol. The van der Waals surface area contributed by atoms with Gasteiger partial charge in [-0.2, -0.15) is 0 Å². The van der Waals surface area contributed by atoms with Crippen molar-refractivity contribution in [1.29, 1.82) is 0 Å². The molecule has 5 heterocycles. The van der Waals surface area contributed by atoms with Crippen LogP contribution in [0.25, 0.3) is 84.5 Å². The molecule has 3 aromatic heterocycles. The van der Waals surface area contributed by atoms with Gasteiger partial charge in [0.05, 0.1) is 80.7 Å². The third-order valence-electron chi connectivity index (χ3n) is 9.62. The number of aromatic nitrogens is 4. The molecule has 0 amide bonds. The molecule has 7 aromatic rings. The summed E-state index contributed by atoms with van der Waals surface area (Å²) in [6, 6.07) is 41.3. The van der Waals surface area contributed by atoms with Crippen LogP contribution in [0, 0.1) is 0 Å². The van der Waals surface area contributed by atoms with E-state index in [2.05, 4.69) is 186 Å². The number of nitrogens with zero attached hydrogens (tertiary/aromatic N) is 2. The van der Waals surface area contributed by atoms with E-state index in [0.29, 0.717) is 0 Å². The Kier molecular flexibility index (Phi) is 12.4. The summed E-state index contributed by atoms with van der Waals surface area (Å²) in [5.74, 6) is 0. The van der Waals surface area contributed by atoms with Crippen LogP contribution in [-0.4, -0.2) is 19.9 Å². The van der Waals surface area contributed by atoms with Gasteiger partial charge in [0.15, 0.2) is 0 Å². The second kappa shape index (κ2) is 17.1. The Bertz CT molecular complexity index is 2580. The van der Waals surface area contributed by atoms with Gasteiger partial charge >= 0.3 is 17.1 Å². The summed E-state index contributed by atoms with van der Waals surface area (Å²) in [4.78, 5) is 18.8. The first-order valence-electron chi connectivity index (χ1n) is 17.0. The van der Waals surface area contributed by atoms with Crippen LogP contribution in [0.15, 0.2) is 139 Å². The molecule has 0 aliphatic carbocycles. The van der Waals surface area contributed by atoms with Crippen LogP contribution in [0.4, 0.5) is 0 Å². The quantitative estimate of drug-likeness (QED) is 0.173. The Labute approximate surface area is 406 Å². The smallest absolute Gasteiger partial charge is 0.352 e. The number of nitrogens with one attached hydrogen (secondary N) is 2. The molecule has 4 nitrogen and oxygen atoms in total. The molecule has 0 spiro atoms. The summed E-state index contributed by atoms with van der Waals surface area (Å²) in [5.41, 5.74) is 14.0. The Balaban J connectivity index is 0.00000455. The van der Waals surface area contributed by atoms with Crippen LogP contribution in [0.1, 0.15) is 22.8 Å². The second-order valence-corrected chi connectivity index (χ2v) is 19.2. The fraction of sp³-hybridized carbons (Fsp3) is 0. The molecular weight excluding hydrogens is 1280 g/mol. The van der Waals surface area contributed by atoms with Gasteiger partial charge in [-0.15, -0.1) is 0 Å². The molecule has 0 fully saturated rings.